The smallest absolute Gasteiger partial charge is 0.301 e. The Balaban J connectivity index is 2.76. The van der Waals surface area contributed by atoms with Gasteiger partial charge in [-0.05, 0) is 6.92 Å². The Morgan fingerprint density at radius 3 is 3.06 bits per heavy atom. The van der Waals surface area contributed by atoms with Crippen LogP contribution < -0.4 is 10.3 Å². The average Bonchev–Trinajstić information content (AvgIpc) is 2.62. The fraction of sp³-hybridized carbons (Fsp3) is 0.500. The van der Waals surface area contributed by atoms with E-state index >= 15 is 0 Å². The number of aromatic nitrogens is 2. The number of ether oxygens (including phenoxy) is 1. The maximum absolute atomic E-state index is 11.6. The summed E-state index contributed by atoms with van der Waals surface area (Å²) in [6.07, 6.45) is 5.82. The maximum Gasteiger partial charge on any atom is 0.301 e. The molecule has 0 saturated heterocycles. The van der Waals surface area contributed by atoms with Crippen LogP contribution in [0, 0.1) is 0 Å². The van der Waals surface area contributed by atoms with Crippen molar-refractivity contribution in [2.24, 2.45) is 7.05 Å². The fourth-order valence-corrected chi connectivity index (χ4v) is 1.76. The topological polar surface area (TPSA) is 35.1 Å². The highest BCUT2D eigenvalue weighted by Crippen LogP contribution is 2.03. The summed E-state index contributed by atoms with van der Waals surface area (Å²) in [7, 11) is 2.66. The summed E-state index contributed by atoms with van der Waals surface area (Å²) in [6.45, 7) is 8.63. The van der Waals surface area contributed by atoms with E-state index in [1.807, 2.05) is 43.9 Å². The van der Waals surface area contributed by atoms with Gasteiger partial charge in [0.2, 0.25) is 0 Å². The Kier molecular flexibility index (Phi) is 5.00. The summed E-state index contributed by atoms with van der Waals surface area (Å²) in [5.74, 6) is -0.265. The van der Waals surface area contributed by atoms with Crippen LogP contribution in [0.3, 0.4) is 0 Å². The molecule has 0 aliphatic heterocycles. The molecule has 0 saturated carbocycles. The average molecular weight is 235 g/mol. The van der Waals surface area contributed by atoms with Gasteiger partial charge in [0, 0.05) is 5.82 Å². The summed E-state index contributed by atoms with van der Waals surface area (Å²) in [4.78, 5) is 11.6. The highest BCUT2D eigenvalue weighted by atomic mass is 16.5. The lowest BCUT2D eigenvalue weighted by molar-refractivity contribution is -0.668. The zero-order valence-electron chi connectivity index (χ0n) is 10.8. The molecule has 0 amide bonds. The molecule has 1 aromatic heterocycles. The molecule has 17 heavy (non-hydrogen) atoms. The highest BCUT2D eigenvalue weighted by Gasteiger charge is 2.24. The molecule has 92 valence electrons. The molecule has 0 aromatic carbocycles. The number of esters is 1. The van der Waals surface area contributed by atoms with E-state index in [1.165, 1.54) is 0 Å². The quantitative estimate of drug-likeness (QED) is 0.299. The third-order valence-corrected chi connectivity index (χ3v) is 2.71. The largest absolute Gasteiger partial charge is 0.466 e. The minimum Gasteiger partial charge on any atom is -0.466 e. The SMILES string of the molecule is C=CC[n+]1ccn(C)c1BC(C)C(=O)OCC. The Hall–Kier alpha value is -1.52. The molecule has 1 unspecified atom stereocenters. The Labute approximate surface area is 103 Å². The molecular formula is C12H20BN2O2+. The summed E-state index contributed by atoms with van der Waals surface area (Å²) in [5, 5.41) is 0. The molecule has 0 fully saturated rings. The number of carbonyl (C=O) groups is 1. The van der Waals surface area contributed by atoms with E-state index in [2.05, 4.69) is 11.1 Å². The van der Waals surface area contributed by atoms with Gasteiger partial charge < -0.3 is 4.74 Å². The number of hydrogen-bond donors (Lipinski definition) is 0. The first kappa shape index (κ1) is 13.5. The Morgan fingerprint density at radius 1 is 1.76 bits per heavy atom. The van der Waals surface area contributed by atoms with Crippen molar-refractivity contribution in [3.05, 3.63) is 25.0 Å². The molecule has 4 nitrogen and oxygen atoms in total. The van der Waals surface area contributed by atoms with Crippen molar-refractivity contribution in [1.82, 2.24) is 4.57 Å². The Morgan fingerprint density at radius 2 is 2.47 bits per heavy atom. The zero-order chi connectivity index (χ0) is 12.8. The molecule has 0 radical (unpaired) electrons. The van der Waals surface area contributed by atoms with Gasteiger partial charge in [-0.3, -0.25) is 4.79 Å². The number of carbonyl (C=O) groups excluding carboxylic acids is 1. The summed E-state index contributed by atoms with van der Waals surface area (Å²) in [6, 6.07) is 0. The van der Waals surface area contributed by atoms with Crippen molar-refractivity contribution >= 4 is 19.0 Å². The van der Waals surface area contributed by atoms with Gasteiger partial charge in [-0.2, -0.15) is 0 Å². The van der Waals surface area contributed by atoms with Crippen LogP contribution in [0.4, 0.5) is 0 Å². The predicted octanol–water partition coefficient (Wildman–Crippen LogP) is -0.0681. The van der Waals surface area contributed by atoms with Crippen LogP contribution in [0.15, 0.2) is 25.0 Å². The van der Waals surface area contributed by atoms with Gasteiger partial charge in [-0.1, -0.05) is 19.6 Å². The van der Waals surface area contributed by atoms with Crippen LogP contribution in [0.1, 0.15) is 13.8 Å². The molecule has 0 spiro atoms. The summed E-state index contributed by atoms with van der Waals surface area (Å²) >= 11 is 0. The number of imidazole rings is 1. The first-order valence-corrected chi connectivity index (χ1v) is 5.91. The van der Waals surface area contributed by atoms with E-state index in [0.717, 1.165) is 12.3 Å². The van der Waals surface area contributed by atoms with Gasteiger partial charge in [-0.25, -0.2) is 9.13 Å². The molecule has 5 heteroatoms. The maximum atomic E-state index is 11.6. The molecule has 1 heterocycles. The number of rotatable bonds is 6. The molecular weight excluding hydrogens is 215 g/mol. The van der Waals surface area contributed by atoms with E-state index in [0.29, 0.717) is 13.9 Å². The van der Waals surface area contributed by atoms with Crippen LogP contribution in [0.2, 0.25) is 5.82 Å². The molecule has 0 N–H and O–H groups in total. The normalized spacial score (nSPS) is 11.9. The second-order valence-corrected chi connectivity index (χ2v) is 4.12. The molecule has 0 bridgehead atoms. The number of nitrogens with zero attached hydrogens (tertiary/aromatic N) is 2. The van der Waals surface area contributed by atoms with Gasteiger partial charge in [0.15, 0.2) is 5.72 Å². The van der Waals surface area contributed by atoms with E-state index < -0.39 is 0 Å². The van der Waals surface area contributed by atoms with Gasteiger partial charge >= 0.3 is 5.97 Å². The molecule has 0 aliphatic rings. The van der Waals surface area contributed by atoms with Crippen molar-refractivity contribution in [3.63, 3.8) is 0 Å². The highest BCUT2D eigenvalue weighted by molar-refractivity contribution is 6.56. The van der Waals surface area contributed by atoms with Crippen LogP contribution in [-0.4, -0.2) is 24.4 Å². The van der Waals surface area contributed by atoms with E-state index in [4.69, 9.17) is 4.74 Å². The summed E-state index contributed by atoms with van der Waals surface area (Å²) in [5.41, 5.74) is 1.10. The van der Waals surface area contributed by atoms with Gasteiger partial charge in [0.25, 0.3) is 7.28 Å². The van der Waals surface area contributed by atoms with Crippen molar-refractivity contribution in [1.29, 1.82) is 0 Å². The minimum absolute atomic E-state index is 0.125. The monoisotopic (exact) mass is 235 g/mol. The lowest BCUT2D eigenvalue weighted by Gasteiger charge is -2.07. The van der Waals surface area contributed by atoms with Crippen LogP contribution in [0.5, 0.6) is 0 Å². The first-order valence-electron chi connectivity index (χ1n) is 5.91. The first-order chi connectivity index (χ1) is 8.10. The Bertz CT molecular complexity index is 401. The van der Waals surface area contributed by atoms with Crippen LogP contribution in [0.25, 0.3) is 0 Å². The molecule has 1 atom stereocenters. The lowest BCUT2D eigenvalue weighted by atomic mass is 9.64. The van der Waals surface area contributed by atoms with Crippen LogP contribution >= 0.6 is 0 Å². The molecule has 0 aliphatic carbocycles. The van der Waals surface area contributed by atoms with Crippen molar-refractivity contribution in [3.8, 4) is 0 Å². The third kappa shape index (κ3) is 3.48. The number of allylic oxidation sites excluding steroid dienone is 1. The van der Waals surface area contributed by atoms with Crippen molar-refractivity contribution in [2.75, 3.05) is 6.61 Å². The minimum atomic E-state index is -0.140. The number of hydrogen-bond acceptors (Lipinski definition) is 2. The van der Waals surface area contributed by atoms with Crippen molar-refractivity contribution < 1.29 is 14.1 Å². The number of aryl methyl sites for hydroxylation is 1. The zero-order valence-corrected chi connectivity index (χ0v) is 10.8. The second kappa shape index (κ2) is 6.28. The van der Waals surface area contributed by atoms with Crippen molar-refractivity contribution in [2.45, 2.75) is 26.2 Å². The third-order valence-electron chi connectivity index (χ3n) is 2.71. The predicted molar refractivity (Wildman–Crippen MR) is 68.6 cm³/mol. The van der Waals surface area contributed by atoms with E-state index in [1.54, 1.807) is 0 Å². The second-order valence-electron chi connectivity index (χ2n) is 4.12. The molecule has 1 aromatic rings. The fourth-order valence-electron chi connectivity index (χ4n) is 1.76. The van der Waals surface area contributed by atoms with E-state index in [-0.39, 0.29) is 11.8 Å². The van der Waals surface area contributed by atoms with Gasteiger partial charge in [0.05, 0.1) is 13.7 Å². The molecule has 1 rings (SSSR count). The summed E-state index contributed by atoms with van der Waals surface area (Å²) < 4.78 is 9.13. The van der Waals surface area contributed by atoms with Crippen LogP contribution in [-0.2, 0) is 23.1 Å². The van der Waals surface area contributed by atoms with E-state index in [9.17, 15) is 4.79 Å². The lowest BCUT2D eigenvalue weighted by Crippen LogP contribution is -2.53. The standard InChI is InChI=1S/C12H20BN2O2/c1-5-7-15-9-8-14(4)12(15)13-10(3)11(16)17-6-2/h5,8-10,13H,1,6-7H2,2-4H3/q+1. The van der Waals surface area contributed by atoms with Gasteiger partial charge in [0.1, 0.15) is 18.9 Å². The van der Waals surface area contributed by atoms with Gasteiger partial charge in [-0.15, -0.1) is 0 Å².